The number of rotatable bonds is 10. The Morgan fingerprint density at radius 1 is 1.13 bits per heavy atom. The highest BCUT2D eigenvalue weighted by Crippen LogP contribution is 2.22. The number of sulfonamides is 1. The van der Waals surface area contributed by atoms with Crippen LogP contribution < -0.4 is 14.9 Å². The van der Waals surface area contributed by atoms with Gasteiger partial charge in [0.2, 0.25) is 15.9 Å². The molecule has 0 unspecified atom stereocenters. The van der Waals surface area contributed by atoms with Crippen molar-refractivity contribution in [3.63, 3.8) is 0 Å². The van der Waals surface area contributed by atoms with E-state index in [0.29, 0.717) is 28.4 Å². The van der Waals surface area contributed by atoms with Crippen LogP contribution in [0.2, 0.25) is 5.02 Å². The van der Waals surface area contributed by atoms with Crippen LogP contribution in [0.3, 0.4) is 0 Å². The van der Waals surface area contributed by atoms with Gasteiger partial charge >= 0.3 is 0 Å². The van der Waals surface area contributed by atoms with Crippen LogP contribution in [-0.2, 0) is 14.8 Å². The van der Waals surface area contributed by atoms with E-state index in [-0.39, 0.29) is 30.8 Å². The van der Waals surface area contributed by atoms with E-state index in [0.717, 1.165) is 12.7 Å². The first-order valence-electron chi connectivity index (χ1n) is 10.0. The quantitative estimate of drug-likeness (QED) is 0.553. The molecular formula is C22H28ClN3O4S. The molecule has 0 aromatic heterocycles. The fraction of sp³-hybridized carbons (Fsp3) is 0.364. The number of nitrogens with one attached hydrogen (secondary N) is 2. The summed E-state index contributed by atoms with van der Waals surface area (Å²) >= 11 is 5.98. The third-order valence-corrected chi connectivity index (χ3v) is 6.13. The van der Waals surface area contributed by atoms with Crippen LogP contribution in [0.15, 0.2) is 48.5 Å². The Morgan fingerprint density at radius 2 is 1.84 bits per heavy atom. The zero-order chi connectivity index (χ0) is 23.0. The molecule has 2 aromatic carbocycles. The molecule has 168 valence electrons. The van der Waals surface area contributed by atoms with Crippen LogP contribution in [-0.4, -0.2) is 39.1 Å². The Morgan fingerprint density at radius 3 is 2.48 bits per heavy atom. The highest BCUT2D eigenvalue weighted by molar-refractivity contribution is 7.92. The molecule has 2 amide bonds. The van der Waals surface area contributed by atoms with Gasteiger partial charge < -0.3 is 10.6 Å². The summed E-state index contributed by atoms with van der Waals surface area (Å²) in [5.74, 6) is -0.558. The molecule has 0 bridgehead atoms. The fourth-order valence-corrected chi connectivity index (χ4v) is 4.05. The zero-order valence-electron chi connectivity index (χ0n) is 17.9. The van der Waals surface area contributed by atoms with E-state index >= 15 is 0 Å². The topological polar surface area (TPSA) is 95.6 Å². The predicted octanol–water partition coefficient (Wildman–Crippen LogP) is 4.05. The molecule has 0 saturated carbocycles. The van der Waals surface area contributed by atoms with Crippen LogP contribution in [0.25, 0.3) is 0 Å². The van der Waals surface area contributed by atoms with Gasteiger partial charge in [0.15, 0.2) is 0 Å². The minimum atomic E-state index is -3.53. The Kier molecular flexibility index (Phi) is 8.88. The standard InChI is InChI=1S/C22H28ClN3O4S/c1-4-16(2)24-22(28)19-11-5-6-12-20(19)25-21(27)13-8-14-26(31(3,29)30)18-10-7-9-17(23)15-18/h5-7,9-12,15-16H,4,8,13-14H2,1-3H3,(H,24,28)(H,25,27)/t16-/m0/s1. The lowest BCUT2D eigenvalue weighted by atomic mass is 10.1. The summed E-state index contributed by atoms with van der Waals surface area (Å²) in [5.41, 5.74) is 1.25. The first-order chi connectivity index (χ1) is 14.6. The van der Waals surface area contributed by atoms with Gasteiger partial charge in [0.05, 0.1) is 23.2 Å². The third-order valence-electron chi connectivity index (χ3n) is 4.70. The van der Waals surface area contributed by atoms with Gasteiger partial charge in [-0.15, -0.1) is 0 Å². The number of halogens is 1. The average Bonchev–Trinajstić information content (AvgIpc) is 2.70. The molecule has 2 N–H and O–H groups in total. The van der Waals surface area contributed by atoms with E-state index in [1.54, 1.807) is 48.5 Å². The van der Waals surface area contributed by atoms with E-state index in [1.807, 2.05) is 13.8 Å². The smallest absolute Gasteiger partial charge is 0.253 e. The number of carbonyl (C=O) groups excluding carboxylic acids is 2. The maximum atomic E-state index is 12.5. The number of hydrogen-bond acceptors (Lipinski definition) is 4. The summed E-state index contributed by atoms with van der Waals surface area (Å²) < 4.78 is 25.6. The number of hydrogen-bond donors (Lipinski definition) is 2. The van der Waals surface area contributed by atoms with E-state index in [9.17, 15) is 18.0 Å². The number of nitrogens with zero attached hydrogens (tertiary/aromatic N) is 1. The van der Waals surface area contributed by atoms with E-state index in [4.69, 9.17) is 11.6 Å². The number of amides is 2. The zero-order valence-corrected chi connectivity index (χ0v) is 19.5. The highest BCUT2D eigenvalue weighted by atomic mass is 35.5. The second kappa shape index (κ2) is 11.2. The molecule has 0 aliphatic heterocycles. The first-order valence-corrected chi connectivity index (χ1v) is 12.3. The normalized spacial score (nSPS) is 12.1. The van der Waals surface area contributed by atoms with Crippen molar-refractivity contribution >= 4 is 44.8 Å². The SMILES string of the molecule is CC[C@H](C)NC(=O)c1ccccc1NC(=O)CCCN(c1cccc(Cl)c1)S(C)(=O)=O. The fourth-order valence-electron chi connectivity index (χ4n) is 2.91. The molecular weight excluding hydrogens is 438 g/mol. The molecule has 1 atom stereocenters. The largest absolute Gasteiger partial charge is 0.350 e. The second-order valence-corrected chi connectivity index (χ2v) is 9.64. The van der Waals surface area contributed by atoms with Gasteiger partial charge in [-0.2, -0.15) is 0 Å². The molecule has 0 heterocycles. The molecule has 0 fully saturated rings. The number of carbonyl (C=O) groups is 2. The lowest BCUT2D eigenvalue weighted by molar-refractivity contribution is -0.116. The van der Waals surface area contributed by atoms with Crippen molar-refractivity contribution in [1.29, 1.82) is 0 Å². The van der Waals surface area contributed by atoms with E-state index < -0.39 is 10.0 Å². The van der Waals surface area contributed by atoms with Crippen LogP contribution in [0.1, 0.15) is 43.5 Å². The van der Waals surface area contributed by atoms with Crippen molar-refractivity contribution < 1.29 is 18.0 Å². The highest BCUT2D eigenvalue weighted by Gasteiger charge is 2.19. The summed E-state index contributed by atoms with van der Waals surface area (Å²) in [7, 11) is -3.53. The van der Waals surface area contributed by atoms with Crippen molar-refractivity contribution in [3.8, 4) is 0 Å². The summed E-state index contributed by atoms with van der Waals surface area (Å²) in [6.07, 6.45) is 2.30. The Labute approximate surface area is 188 Å². The van der Waals surface area contributed by atoms with E-state index in [1.165, 1.54) is 4.31 Å². The van der Waals surface area contributed by atoms with E-state index in [2.05, 4.69) is 10.6 Å². The Balaban J connectivity index is 2.01. The molecule has 2 aromatic rings. The second-order valence-electron chi connectivity index (χ2n) is 7.30. The molecule has 9 heteroatoms. The van der Waals surface area contributed by atoms with Gasteiger partial charge in [-0.1, -0.05) is 36.7 Å². The Hall–Kier alpha value is -2.58. The van der Waals surface area contributed by atoms with Gasteiger partial charge in [0.1, 0.15) is 0 Å². The molecule has 0 spiro atoms. The molecule has 2 rings (SSSR count). The van der Waals surface area contributed by atoms with Crippen LogP contribution in [0.4, 0.5) is 11.4 Å². The lowest BCUT2D eigenvalue weighted by Gasteiger charge is -2.22. The van der Waals surface area contributed by atoms with Crippen molar-refractivity contribution in [1.82, 2.24) is 5.32 Å². The number of para-hydroxylation sites is 1. The molecule has 0 saturated heterocycles. The van der Waals surface area contributed by atoms with Gasteiger partial charge in [-0.05, 0) is 50.1 Å². The minimum Gasteiger partial charge on any atom is -0.350 e. The van der Waals surface area contributed by atoms with Gasteiger partial charge in [-0.25, -0.2) is 8.42 Å². The van der Waals surface area contributed by atoms with Crippen molar-refractivity contribution in [2.75, 3.05) is 22.4 Å². The first kappa shape index (κ1) is 24.7. The molecule has 0 aliphatic carbocycles. The Bertz CT molecular complexity index is 1030. The van der Waals surface area contributed by atoms with Crippen molar-refractivity contribution in [3.05, 3.63) is 59.1 Å². The summed E-state index contributed by atoms with van der Waals surface area (Å²) in [6, 6.07) is 13.3. The predicted molar refractivity (Wildman–Crippen MR) is 125 cm³/mol. The molecule has 7 nitrogen and oxygen atoms in total. The third kappa shape index (κ3) is 7.56. The number of benzene rings is 2. The monoisotopic (exact) mass is 465 g/mol. The van der Waals surface area contributed by atoms with Crippen LogP contribution in [0.5, 0.6) is 0 Å². The summed E-state index contributed by atoms with van der Waals surface area (Å²) in [4.78, 5) is 24.9. The molecule has 0 radical (unpaired) electrons. The maximum Gasteiger partial charge on any atom is 0.253 e. The number of anilines is 2. The van der Waals surface area contributed by atoms with Crippen LogP contribution >= 0.6 is 11.6 Å². The van der Waals surface area contributed by atoms with Crippen molar-refractivity contribution in [2.45, 2.75) is 39.2 Å². The molecule has 0 aliphatic rings. The van der Waals surface area contributed by atoms with Gasteiger partial charge in [0, 0.05) is 24.0 Å². The summed E-state index contributed by atoms with van der Waals surface area (Å²) in [6.45, 7) is 4.01. The molecule has 31 heavy (non-hydrogen) atoms. The van der Waals surface area contributed by atoms with Gasteiger partial charge in [-0.3, -0.25) is 13.9 Å². The van der Waals surface area contributed by atoms with Crippen molar-refractivity contribution in [2.24, 2.45) is 0 Å². The lowest BCUT2D eigenvalue weighted by Crippen LogP contribution is -2.33. The minimum absolute atomic E-state index is 0.0183. The maximum absolute atomic E-state index is 12.5. The summed E-state index contributed by atoms with van der Waals surface area (Å²) in [5, 5.41) is 6.06. The van der Waals surface area contributed by atoms with Crippen LogP contribution in [0, 0.1) is 0 Å². The van der Waals surface area contributed by atoms with Gasteiger partial charge in [0.25, 0.3) is 5.91 Å². The average molecular weight is 466 g/mol.